The first-order valence-electron chi connectivity index (χ1n) is 8.19. The summed E-state index contributed by atoms with van der Waals surface area (Å²) < 4.78 is 31.3. The van der Waals surface area contributed by atoms with Crippen molar-refractivity contribution in [3.05, 3.63) is 71.4 Å². The number of esters is 1. The third-order valence-electron chi connectivity index (χ3n) is 4.15. The van der Waals surface area contributed by atoms with Gasteiger partial charge in [0.1, 0.15) is 0 Å². The van der Waals surface area contributed by atoms with Gasteiger partial charge >= 0.3 is 5.97 Å². The zero-order valence-electron chi connectivity index (χ0n) is 14.1. The number of para-hydroxylation sites is 1. The van der Waals surface area contributed by atoms with Gasteiger partial charge in [-0.25, -0.2) is 8.78 Å². The van der Waals surface area contributed by atoms with Crippen LogP contribution in [-0.4, -0.2) is 22.8 Å². The van der Waals surface area contributed by atoms with Crippen molar-refractivity contribution in [3.63, 3.8) is 0 Å². The van der Waals surface area contributed by atoms with Crippen molar-refractivity contribution in [1.82, 2.24) is 4.98 Å². The molecule has 0 bridgehead atoms. The Hall–Kier alpha value is -3.02. The molecule has 0 spiro atoms. The van der Waals surface area contributed by atoms with Crippen LogP contribution >= 0.6 is 0 Å². The molecule has 1 aromatic heterocycles. The third-order valence-corrected chi connectivity index (χ3v) is 4.15. The molecule has 1 heterocycles. The summed E-state index contributed by atoms with van der Waals surface area (Å²) in [5.41, 5.74) is 1.93. The van der Waals surface area contributed by atoms with Crippen molar-refractivity contribution < 1.29 is 23.1 Å². The Kier molecular flexibility index (Phi) is 5.11. The minimum Gasteiger partial charge on any atom is -0.454 e. The molecule has 0 radical (unpaired) electrons. The SMILES string of the molecule is CC(OC(=O)CCc1c[nH]c2ccccc12)C(=O)c1ccc(F)c(F)c1. The number of aryl methyl sites for hydroxylation is 1. The number of carbonyl (C=O) groups is 2. The average molecular weight is 357 g/mol. The summed E-state index contributed by atoms with van der Waals surface area (Å²) in [6.07, 6.45) is 1.34. The molecule has 6 heteroatoms. The Labute approximate surface area is 148 Å². The topological polar surface area (TPSA) is 59.2 Å². The van der Waals surface area contributed by atoms with E-state index in [0.717, 1.165) is 34.7 Å². The van der Waals surface area contributed by atoms with Crippen LogP contribution in [-0.2, 0) is 16.0 Å². The first-order valence-corrected chi connectivity index (χ1v) is 8.19. The highest BCUT2D eigenvalue weighted by atomic mass is 19.2. The highest BCUT2D eigenvalue weighted by Gasteiger charge is 2.21. The van der Waals surface area contributed by atoms with Gasteiger partial charge in [0.25, 0.3) is 0 Å². The fourth-order valence-corrected chi connectivity index (χ4v) is 2.77. The second kappa shape index (κ2) is 7.47. The highest BCUT2D eigenvalue weighted by Crippen LogP contribution is 2.19. The predicted octanol–water partition coefficient (Wildman–Crippen LogP) is 4.19. The van der Waals surface area contributed by atoms with Crippen LogP contribution in [0.2, 0.25) is 0 Å². The molecule has 0 amide bonds. The lowest BCUT2D eigenvalue weighted by molar-refractivity contribution is -0.146. The van der Waals surface area contributed by atoms with Crippen LogP contribution in [0.15, 0.2) is 48.7 Å². The predicted molar refractivity (Wildman–Crippen MR) is 92.9 cm³/mol. The molecule has 0 aliphatic heterocycles. The number of carbonyl (C=O) groups excluding carboxylic acids is 2. The van der Waals surface area contributed by atoms with Gasteiger partial charge in [0.2, 0.25) is 5.78 Å². The summed E-state index contributed by atoms with van der Waals surface area (Å²) in [7, 11) is 0. The van der Waals surface area contributed by atoms with E-state index in [2.05, 4.69) is 4.98 Å². The Bertz CT molecular complexity index is 965. The minimum absolute atomic E-state index is 0.0409. The Balaban J connectivity index is 1.58. The van der Waals surface area contributed by atoms with Crippen molar-refractivity contribution in [3.8, 4) is 0 Å². The second-order valence-corrected chi connectivity index (χ2v) is 5.98. The molecule has 1 N–H and O–H groups in total. The highest BCUT2D eigenvalue weighted by molar-refractivity contribution is 6.00. The van der Waals surface area contributed by atoms with Crippen LogP contribution in [0.3, 0.4) is 0 Å². The third kappa shape index (κ3) is 3.79. The van der Waals surface area contributed by atoms with E-state index < -0.39 is 29.5 Å². The quantitative estimate of drug-likeness (QED) is 0.531. The van der Waals surface area contributed by atoms with Gasteiger partial charge in [-0.2, -0.15) is 0 Å². The first-order chi connectivity index (χ1) is 12.5. The summed E-state index contributed by atoms with van der Waals surface area (Å²) in [4.78, 5) is 27.3. The number of aromatic amines is 1. The summed E-state index contributed by atoms with van der Waals surface area (Å²) in [6, 6.07) is 10.6. The van der Waals surface area contributed by atoms with E-state index in [1.165, 1.54) is 6.92 Å². The number of nitrogens with one attached hydrogen (secondary N) is 1. The van der Waals surface area contributed by atoms with E-state index in [-0.39, 0.29) is 12.0 Å². The van der Waals surface area contributed by atoms with Gasteiger partial charge in [0.15, 0.2) is 17.7 Å². The van der Waals surface area contributed by atoms with Crippen molar-refractivity contribution in [1.29, 1.82) is 0 Å². The summed E-state index contributed by atoms with van der Waals surface area (Å²) >= 11 is 0. The number of benzene rings is 2. The molecular formula is C20H17F2NO3. The first kappa shape index (κ1) is 17.8. The molecule has 0 aliphatic carbocycles. The lowest BCUT2D eigenvalue weighted by atomic mass is 10.1. The normalized spacial score (nSPS) is 12.1. The van der Waals surface area contributed by atoms with E-state index in [9.17, 15) is 18.4 Å². The van der Waals surface area contributed by atoms with Crippen LogP contribution in [0.5, 0.6) is 0 Å². The average Bonchev–Trinajstić information content (AvgIpc) is 3.05. The molecule has 4 nitrogen and oxygen atoms in total. The second-order valence-electron chi connectivity index (χ2n) is 5.98. The van der Waals surface area contributed by atoms with Gasteiger partial charge in [0, 0.05) is 29.1 Å². The standard InChI is InChI=1S/C20H17F2NO3/c1-12(20(25)13-6-8-16(21)17(22)10-13)26-19(24)9-7-14-11-23-18-5-3-2-4-15(14)18/h2-6,8,10-12,23H,7,9H2,1H3. The molecule has 1 unspecified atom stereocenters. The largest absolute Gasteiger partial charge is 0.454 e. The Morgan fingerprint density at radius 2 is 1.88 bits per heavy atom. The van der Waals surface area contributed by atoms with Crippen LogP contribution in [0.1, 0.15) is 29.3 Å². The van der Waals surface area contributed by atoms with E-state index in [1.807, 2.05) is 30.5 Å². The zero-order valence-corrected chi connectivity index (χ0v) is 14.1. The molecule has 1 atom stereocenters. The number of aromatic nitrogens is 1. The number of fused-ring (bicyclic) bond motifs is 1. The molecule has 0 saturated heterocycles. The maximum atomic E-state index is 13.2. The van der Waals surface area contributed by atoms with Gasteiger partial charge in [-0.15, -0.1) is 0 Å². The van der Waals surface area contributed by atoms with E-state index in [1.54, 1.807) is 0 Å². The van der Waals surface area contributed by atoms with Crippen LogP contribution < -0.4 is 0 Å². The number of Topliss-reactive ketones (excluding diaryl/α,β-unsaturated/α-hetero) is 1. The van der Waals surface area contributed by atoms with E-state index >= 15 is 0 Å². The van der Waals surface area contributed by atoms with Crippen molar-refractivity contribution in [2.24, 2.45) is 0 Å². The number of rotatable bonds is 6. The van der Waals surface area contributed by atoms with E-state index in [4.69, 9.17) is 4.74 Å². The molecule has 0 fully saturated rings. The van der Waals surface area contributed by atoms with Gasteiger partial charge in [-0.3, -0.25) is 9.59 Å². The minimum atomic E-state index is -1.12. The lowest BCUT2D eigenvalue weighted by Crippen LogP contribution is -2.24. The van der Waals surface area contributed by atoms with Crippen molar-refractivity contribution in [2.75, 3.05) is 0 Å². The van der Waals surface area contributed by atoms with Crippen molar-refractivity contribution >= 4 is 22.7 Å². The van der Waals surface area contributed by atoms with Gasteiger partial charge < -0.3 is 9.72 Å². The summed E-state index contributed by atoms with van der Waals surface area (Å²) in [5, 5.41) is 1.03. The lowest BCUT2D eigenvalue weighted by Gasteiger charge is -2.12. The smallest absolute Gasteiger partial charge is 0.306 e. The Morgan fingerprint density at radius 3 is 2.65 bits per heavy atom. The summed E-state index contributed by atoms with van der Waals surface area (Å²) in [6.45, 7) is 1.41. The van der Waals surface area contributed by atoms with E-state index in [0.29, 0.717) is 6.42 Å². The van der Waals surface area contributed by atoms with Crippen molar-refractivity contribution in [2.45, 2.75) is 25.9 Å². The molecule has 2 aromatic carbocycles. The Morgan fingerprint density at radius 1 is 1.12 bits per heavy atom. The maximum Gasteiger partial charge on any atom is 0.306 e. The molecule has 134 valence electrons. The number of H-pyrrole nitrogens is 1. The van der Waals surface area contributed by atoms with Crippen LogP contribution in [0, 0.1) is 11.6 Å². The maximum absolute atomic E-state index is 13.2. The summed E-state index contributed by atoms with van der Waals surface area (Å²) in [5.74, 6) is -3.26. The van der Waals surface area contributed by atoms with Gasteiger partial charge in [-0.05, 0) is 43.2 Å². The molecule has 26 heavy (non-hydrogen) atoms. The fourth-order valence-electron chi connectivity index (χ4n) is 2.77. The van der Waals surface area contributed by atoms with Gasteiger partial charge in [0.05, 0.1) is 0 Å². The zero-order chi connectivity index (χ0) is 18.7. The number of halogens is 2. The number of hydrogen-bond acceptors (Lipinski definition) is 3. The van der Waals surface area contributed by atoms with Crippen LogP contribution in [0.4, 0.5) is 8.78 Å². The molecular weight excluding hydrogens is 340 g/mol. The fraction of sp³-hybridized carbons (Fsp3) is 0.200. The molecule has 3 aromatic rings. The number of hydrogen-bond donors (Lipinski definition) is 1. The van der Waals surface area contributed by atoms with Gasteiger partial charge in [-0.1, -0.05) is 18.2 Å². The molecule has 0 aliphatic rings. The number of ether oxygens (including phenoxy) is 1. The monoisotopic (exact) mass is 357 g/mol. The molecule has 0 saturated carbocycles. The van der Waals surface area contributed by atoms with Crippen LogP contribution in [0.25, 0.3) is 10.9 Å². The number of ketones is 1. The molecule has 3 rings (SSSR count).